The lowest BCUT2D eigenvalue weighted by atomic mass is 10.1. The minimum absolute atomic E-state index is 0.721. The van der Waals surface area contributed by atoms with Gasteiger partial charge in [-0.2, -0.15) is 0 Å². The van der Waals surface area contributed by atoms with Gasteiger partial charge in [-0.15, -0.1) is 0 Å². The Hall–Kier alpha value is -2.88. The van der Waals surface area contributed by atoms with Crippen molar-refractivity contribution < 1.29 is 0 Å². The number of nitrogen functional groups attached to an aromatic ring is 1. The smallest absolute Gasteiger partial charge is 0.134 e. The number of anilines is 3. The monoisotopic (exact) mass is 276 g/mol. The minimum Gasteiger partial charge on any atom is -0.399 e. The van der Waals surface area contributed by atoms with Gasteiger partial charge in [0.25, 0.3) is 0 Å². The molecule has 1 heterocycles. The summed E-state index contributed by atoms with van der Waals surface area (Å²) in [7, 11) is 0. The standard InChI is InChI=1S/C17H16N4/c18-14-7-4-8-15(10-14)21-17-11-16(19-12-20-17)9-13-5-2-1-3-6-13/h1-8,10-12H,9,18H2,(H,19,20,21). The Morgan fingerprint density at radius 1 is 0.905 bits per heavy atom. The van der Waals surface area contributed by atoms with Crippen molar-refractivity contribution in [3.8, 4) is 0 Å². The Balaban J connectivity index is 1.77. The van der Waals surface area contributed by atoms with E-state index < -0.39 is 0 Å². The molecule has 0 saturated carbocycles. The molecule has 0 radical (unpaired) electrons. The quantitative estimate of drug-likeness (QED) is 0.717. The normalized spacial score (nSPS) is 10.3. The molecule has 104 valence electrons. The van der Waals surface area contributed by atoms with Gasteiger partial charge < -0.3 is 11.1 Å². The van der Waals surface area contributed by atoms with Gasteiger partial charge in [-0.25, -0.2) is 9.97 Å². The van der Waals surface area contributed by atoms with E-state index in [0.717, 1.165) is 29.3 Å². The fourth-order valence-electron chi connectivity index (χ4n) is 2.13. The molecule has 1 aromatic heterocycles. The maximum absolute atomic E-state index is 5.77. The molecule has 0 amide bonds. The van der Waals surface area contributed by atoms with Crippen LogP contribution in [0.2, 0.25) is 0 Å². The van der Waals surface area contributed by atoms with E-state index in [1.54, 1.807) is 6.33 Å². The van der Waals surface area contributed by atoms with Crippen LogP contribution in [0.25, 0.3) is 0 Å². The fraction of sp³-hybridized carbons (Fsp3) is 0.0588. The van der Waals surface area contributed by atoms with Crippen molar-refractivity contribution in [2.75, 3.05) is 11.1 Å². The molecule has 0 aliphatic carbocycles. The number of nitrogens with two attached hydrogens (primary N) is 1. The van der Waals surface area contributed by atoms with Crippen molar-refractivity contribution in [1.82, 2.24) is 9.97 Å². The van der Waals surface area contributed by atoms with Gasteiger partial charge in [-0.3, -0.25) is 0 Å². The molecule has 3 N–H and O–H groups in total. The summed E-state index contributed by atoms with van der Waals surface area (Å²) in [5, 5.41) is 3.24. The molecule has 2 aromatic carbocycles. The summed E-state index contributed by atoms with van der Waals surface area (Å²) < 4.78 is 0. The summed E-state index contributed by atoms with van der Waals surface area (Å²) in [6, 6.07) is 19.8. The first kappa shape index (κ1) is 13.1. The lowest BCUT2D eigenvalue weighted by molar-refractivity contribution is 1.03. The molecule has 0 bridgehead atoms. The van der Waals surface area contributed by atoms with Crippen LogP contribution in [0.4, 0.5) is 17.2 Å². The average molecular weight is 276 g/mol. The zero-order chi connectivity index (χ0) is 14.5. The number of benzene rings is 2. The van der Waals surface area contributed by atoms with Crippen molar-refractivity contribution >= 4 is 17.2 Å². The van der Waals surface area contributed by atoms with E-state index in [2.05, 4.69) is 27.4 Å². The second-order valence-corrected chi connectivity index (χ2v) is 4.81. The van der Waals surface area contributed by atoms with Crippen molar-refractivity contribution in [1.29, 1.82) is 0 Å². The SMILES string of the molecule is Nc1cccc(Nc2cc(Cc3ccccc3)ncn2)c1. The number of nitrogens with one attached hydrogen (secondary N) is 1. The highest BCUT2D eigenvalue weighted by Crippen LogP contribution is 2.18. The molecule has 3 aromatic rings. The third kappa shape index (κ3) is 3.57. The molecule has 4 heteroatoms. The van der Waals surface area contributed by atoms with Gasteiger partial charge in [0.15, 0.2) is 0 Å². The predicted octanol–water partition coefficient (Wildman–Crippen LogP) is 3.39. The van der Waals surface area contributed by atoms with Gasteiger partial charge in [-0.05, 0) is 23.8 Å². The molecule has 0 aliphatic rings. The Bertz CT molecular complexity index is 726. The largest absolute Gasteiger partial charge is 0.399 e. The Morgan fingerprint density at radius 2 is 1.76 bits per heavy atom. The van der Waals surface area contributed by atoms with Crippen molar-refractivity contribution in [2.45, 2.75) is 6.42 Å². The molecule has 0 saturated heterocycles. The lowest BCUT2D eigenvalue weighted by Gasteiger charge is -2.07. The summed E-state index contributed by atoms with van der Waals surface area (Å²) in [4.78, 5) is 8.56. The molecular formula is C17H16N4. The van der Waals surface area contributed by atoms with Crippen LogP contribution in [0.3, 0.4) is 0 Å². The Morgan fingerprint density at radius 3 is 2.57 bits per heavy atom. The van der Waals surface area contributed by atoms with E-state index in [4.69, 9.17) is 5.73 Å². The maximum atomic E-state index is 5.77. The molecule has 4 nitrogen and oxygen atoms in total. The van der Waals surface area contributed by atoms with Crippen LogP contribution in [0.1, 0.15) is 11.3 Å². The van der Waals surface area contributed by atoms with Gasteiger partial charge in [0.05, 0.1) is 5.69 Å². The highest BCUT2D eigenvalue weighted by atomic mass is 15.0. The van der Waals surface area contributed by atoms with E-state index in [1.807, 2.05) is 48.5 Å². The number of nitrogens with zero attached hydrogens (tertiary/aromatic N) is 2. The van der Waals surface area contributed by atoms with Crippen molar-refractivity contribution in [3.05, 3.63) is 78.2 Å². The zero-order valence-corrected chi connectivity index (χ0v) is 11.5. The first-order chi connectivity index (χ1) is 10.3. The summed E-state index contributed by atoms with van der Waals surface area (Å²) in [6.07, 6.45) is 2.36. The highest BCUT2D eigenvalue weighted by molar-refractivity contribution is 5.61. The molecule has 0 fully saturated rings. The van der Waals surface area contributed by atoms with Gasteiger partial charge in [0.2, 0.25) is 0 Å². The summed E-state index contributed by atoms with van der Waals surface area (Å²) in [5.74, 6) is 0.765. The number of hydrogen-bond acceptors (Lipinski definition) is 4. The molecule has 21 heavy (non-hydrogen) atoms. The number of rotatable bonds is 4. The van der Waals surface area contributed by atoms with Crippen molar-refractivity contribution in [3.63, 3.8) is 0 Å². The predicted molar refractivity (Wildman–Crippen MR) is 85.4 cm³/mol. The van der Waals surface area contributed by atoms with Crippen LogP contribution in [0, 0.1) is 0 Å². The molecule has 0 spiro atoms. The van der Waals surface area contributed by atoms with Crippen LogP contribution in [0.15, 0.2) is 67.0 Å². The van der Waals surface area contributed by atoms with Crippen LogP contribution in [0.5, 0.6) is 0 Å². The van der Waals surface area contributed by atoms with Crippen LogP contribution >= 0.6 is 0 Å². The first-order valence-corrected chi connectivity index (χ1v) is 6.77. The Labute approximate surface area is 123 Å². The topological polar surface area (TPSA) is 63.8 Å². The van der Waals surface area contributed by atoms with Crippen molar-refractivity contribution in [2.24, 2.45) is 0 Å². The van der Waals surface area contributed by atoms with E-state index in [1.165, 1.54) is 5.56 Å². The highest BCUT2D eigenvalue weighted by Gasteiger charge is 2.01. The molecule has 0 unspecified atom stereocenters. The summed E-state index contributed by atoms with van der Waals surface area (Å²) in [5.41, 5.74) is 9.61. The molecule has 3 rings (SSSR count). The van der Waals surface area contributed by atoms with E-state index in [0.29, 0.717) is 0 Å². The van der Waals surface area contributed by atoms with E-state index in [-0.39, 0.29) is 0 Å². The number of hydrogen-bond donors (Lipinski definition) is 2. The second-order valence-electron chi connectivity index (χ2n) is 4.81. The number of aromatic nitrogens is 2. The van der Waals surface area contributed by atoms with Gasteiger partial charge >= 0.3 is 0 Å². The van der Waals surface area contributed by atoms with E-state index >= 15 is 0 Å². The third-order valence-corrected chi connectivity index (χ3v) is 3.11. The first-order valence-electron chi connectivity index (χ1n) is 6.77. The van der Waals surface area contributed by atoms with Crippen LogP contribution in [-0.2, 0) is 6.42 Å². The molecule has 0 atom stereocenters. The minimum atomic E-state index is 0.721. The molecular weight excluding hydrogens is 260 g/mol. The fourth-order valence-corrected chi connectivity index (χ4v) is 2.13. The summed E-state index contributed by atoms with van der Waals surface area (Å²) >= 11 is 0. The maximum Gasteiger partial charge on any atom is 0.134 e. The lowest BCUT2D eigenvalue weighted by Crippen LogP contribution is -1.98. The van der Waals surface area contributed by atoms with Gasteiger partial charge in [0, 0.05) is 23.9 Å². The average Bonchev–Trinajstić information content (AvgIpc) is 2.49. The second kappa shape index (κ2) is 6.05. The van der Waals surface area contributed by atoms with Gasteiger partial charge in [0.1, 0.15) is 12.1 Å². The third-order valence-electron chi connectivity index (χ3n) is 3.11. The van der Waals surface area contributed by atoms with E-state index in [9.17, 15) is 0 Å². The van der Waals surface area contributed by atoms with Gasteiger partial charge in [-0.1, -0.05) is 36.4 Å². The summed E-state index contributed by atoms with van der Waals surface area (Å²) in [6.45, 7) is 0. The van der Waals surface area contributed by atoms with Crippen LogP contribution < -0.4 is 11.1 Å². The van der Waals surface area contributed by atoms with Crippen LogP contribution in [-0.4, -0.2) is 9.97 Å². The zero-order valence-electron chi connectivity index (χ0n) is 11.5. The molecule has 0 aliphatic heterocycles. The Kier molecular flexibility index (Phi) is 3.78.